The molecule has 0 aliphatic rings. The number of benzene rings is 1. The van der Waals surface area contributed by atoms with Crippen LogP contribution in [0.15, 0.2) is 24.4 Å². The molecular weight excluding hydrogens is 256 g/mol. The number of nitrogens with two attached hydrogens (primary N) is 1. The maximum atomic E-state index is 11.0. The SMILES string of the molecule is CCC(C)(N)c1ncc(-c2ccc(C)c([N+](=O)[O-])c2)[nH]1. The second-order valence-electron chi connectivity index (χ2n) is 5.17. The van der Waals surface area contributed by atoms with Crippen LogP contribution in [0.25, 0.3) is 11.3 Å². The first kappa shape index (κ1) is 14.2. The molecule has 20 heavy (non-hydrogen) atoms. The van der Waals surface area contributed by atoms with Gasteiger partial charge in [0.1, 0.15) is 5.82 Å². The summed E-state index contributed by atoms with van der Waals surface area (Å²) in [5.74, 6) is 0.679. The van der Waals surface area contributed by atoms with Crippen molar-refractivity contribution in [2.45, 2.75) is 32.7 Å². The summed E-state index contributed by atoms with van der Waals surface area (Å²) in [7, 11) is 0. The van der Waals surface area contributed by atoms with E-state index in [9.17, 15) is 10.1 Å². The molecule has 106 valence electrons. The van der Waals surface area contributed by atoms with E-state index in [2.05, 4.69) is 9.97 Å². The van der Waals surface area contributed by atoms with Crippen molar-refractivity contribution in [3.63, 3.8) is 0 Å². The molecule has 0 saturated carbocycles. The molecule has 1 aromatic heterocycles. The number of H-pyrrole nitrogens is 1. The van der Waals surface area contributed by atoms with Crippen LogP contribution < -0.4 is 5.73 Å². The zero-order chi connectivity index (χ0) is 14.9. The summed E-state index contributed by atoms with van der Waals surface area (Å²) in [6, 6.07) is 5.11. The largest absolute Gasteiger partial charge is 0.340 e. The van der Waals surface area contributed by atoms with E-state index in [1.165, 1.54) is 0 Å². The molecule has 1 unspecified atom stereocenters. The van der Waals surface area contributed by atoms with Crippen molar-refractivity contribution in [2.75, 3.05) is 0 Å². The van der Waals surface area contributed by atoms with Gasteiger partial charge in [0, 0.05) is 17.2 Å². The molecule has 3 N–H and O–H groups in total. The Morgan fingerprint density at radius 2 is 2.20 bits per heavy atom. The quantitative estimate of drug-likeness (QED) is 0.661. The Balaban J connectivity index is 2.43. The zero-order valence-electron chi connectivity index (χ0n) is 11.8. The molecule has 1 atom stereocenters. The number of aryl methyl sites for hydroxylation is 1. The molecule has 1 aromatic carbocycles. The van der Waals surface area contributed by atoms with Gasteiger partial charge in [-0.15, -0.1) is 0 Å². The smallest absolute Gasteiger partial charge is 0.272 e. The number of hydrogen-bond donors (Lipinski definition) is 2. The number of nitro groups is 1. The molecule has 0 spiro atoms. The minimum atomic E-state index is -0.533. The highest BCUT2D eigenvalue weighted by Crippen LogP contribution is 2.27. The third-order valence-electron chi connectivity index (χ3n) is 3.57. The molecule has 0 fully saturated rings. The average molecular weight is 274 g/mol. The van der Waals surface area contributed by atoms with Crippen molar-refractivity contribution >= 4 is 5.69 Å². The van der Waals surface area contributed by atoms with E-state index in [1.807, 2.05) is 19.9 Å². The Bertz CT molecular complexity index is 646. The third-order valence-corrected chi connectivity index (χ3v) is 3.57. The van der Waals surface area contributed by atoms with E-state index >= 15 is 0 Å². The third kappa shape index (κ3) is 2.55. The second kappa shape index (κ2) is 5.05. The summed E-state index contributed by atoms with van der Waals surface area (Å²) in [6.45, 7) is 5.60. The zero-order valence-corrected chi connectivity index (χ0v) is 11.8. The van der Waals surface area contributed by atoms with Gasteiger partial charge in [-0.1, -0.05) is 19.1 Å². The Labute approximate surface area is 117 Å². The molecule has 6 nitrogen and oxygen atoms in total. The Morgan fingerprint density at radius 1 is 1.50 bits per heavy atom. The number of hydrogen-bond acceptors (Lipinski definition) is 4. The fourth-order valence-corrected chi connectivity index (χ4v) is 1.90. The van der Waals surface area contributed by atoms with Crippen molar-refractivity contribution in [3.05, 3.63) is 45.9 Å². The van der Waals surface area contributed by atoms with Crippen LogP contribution >= 0.6 is 0 Å². The monoisotopic (exact) mass is 274 g/mol. The van der Waals surface area contributed by atoms with Crippen LogP contribution in [-0.4, -0.2) is 14.9 Å². The number of imidazole rings is 1. The summed E-state index contributed by atoms with van der Waals surface area (Å²) >= 11 is 0. The lowest BCUT2D eigenvalue weighted by atomic mass is 10.00. The molecule has 0 radical (unpaired) electrons. The van der Waals surface area contributed by atoms with Gasteiger partial charge < -0.3 is 10.7 Å². The van der Waals surface area contributed by atoms with Crippen LogP contribution in [0, 0.1) is 17.0 Å². The number of nitrogens with one attached hydrogen (secondary N) is 1. The Hall–Kier alpha value is -2.21. The average Bonchev–Trinajstić information content (AvgIpc) is 2.89. The maximum absolute atomic E-state index is 11.0. The molecule has 0 amide bonds. The van der Waals surface area contributed by atoms with E-state index in [4.69, 9.17) is 5.73 Å². The second-order valence-corrected chi connectivity index (χ2v) is 5.17. The van der Waals surface area contributed by atoms with Crippen LogP contribution in [0.5, 0.6) is 0 Å². The van der Waals surface area contributed by atoms with Gasteiger partial charge in [-0.25, -0.2) is 4.98 Å². The van der Waals surface area contributed by atoms with Gasteiger partial charge in [0.2, 0.25) is 0 Å². The summed E-state index contributed by atoms with van der Waals surface area (Å²) in [5.41, 5.74) is 7.79. The first-order chi connectivity index (χ1) is 9.35. The predicted octanol–water partition coefficient (Wildman–Crippen LogP) is 2.88. The summed E-state index contributed by atoms with van der Waals surface area (Å²) < 4.78 is 0. The van der Waals surface area contributed by atoms with Gasteiger partial charge in [0.25, 0.3) is 5.69 Å². The van der Waals surface area contributed by atoms with Crippen LogP contribution in [0.2, 0.25) is 0 Å². The Morgan fingerprint density at radius 3 is 2.80 bits per heavy atom. The van der Waals surface area contributed by atoms with E-state index < -0.39 is 5.54 Å². The molecule has 2 aromatic rings. The molecule has 0 bridgehead atoms. The molecule has 2 rings (SSSR count). The van der Waals surface area contributed by atoms with E-state index in [-0.39, 0.29) is 10.6 Å². The fourth-order valence-electron chi connectivity index (χ4n) is 1.90. The lowest BCUT2D eigenvalue weighted by Crippen LogP contribution is -2.33. The number of rotatable bonds is 4. The molecule has 6 heteroatoms. The topological polar surface area (TPSA) is 97.8 Å². The molecule has 0 aliphatic carbocycles. The van der Waals surface area contributed by atoms with Crippen LogP contribution in [0.3, 0.4) is 0 Å². The van der Waals surface area contributed by atoms with Crippen LogP contribution in [-0.2, 0) is 5.54 Å². The number of aromatic amines is 1. The van der Waals surface area contributed by atoms with Gasteiger partial charge in [-0.05, 0) is 20.3 Å². The van der Waals surface area contributed by atoms with Crippen molar-refractivity contribution < 1.29 is 4.92 Å². The van der Waals surface area contributed by atoms with E-state index in [0.29, 0.717) is 11.4 Å². The van der Waals surface area contributed by atoms with Gasteiger partial charge in [0.15, 0.2) is 0 Å². The predicted molar refractivity (Wildman–Crippen MR) is 77.2 cm³/mol. The molecule has 0 saturated heterocycles. The molecule has 0 aliphatic heterocycles. The van der Waals surface area contributed by atoms with Gasteiger partial charge in [-0.2, -0.15) is 0 Å². The number of nitrogens with zero attached hydrogens (tertiary/aromatic N) is 2. The first-order valence-corrected chi connectivity index (χ1v) is 6.45. The lowest BCUT2D eigenvalue weighted by molar-refractivity contribution is -0.385. The minimum Gasteiger partial charge on any atom is -0.340 e. The highest BCUT2D eigenvalue weighted by Gasteiger charge is 2.22. The highest BCUT2D eigenvalue weighted by molar-refractivity contribution is 5.63. The highest BCUT2D eigenvalue weighted by atomic mass is 16.6. The number of nitro benzene ring substituents is 1. The summed E-state index contributed by atoms with van der Waals surface area (Å²) in [4.78, 5) is 18.0. The van der Waals surface area contributed by atoms with Crippen molar-refractivity contribution in [1.29, 1.82) is 0 Å². The van der Waals surface area contributed by atoms with Crippen LogP contribution in [0.4, 0.5) is 5.69 Å². The first-order valence-electron chi connectivity index (χ1n) is 6.45. The molecular formula is C14H18N4O2. The van der Waals surface area contributed by atoms with Crippen molar-refractivity contribution in [2.24, 2.45) is 5.73 Å². The van der Waals surface area contributed by atoms with Crippen LogP contribution in [0.1, 0.15) is 31.7 Å². The normalized spacial score (nSPS) is 14.0. The van der Waals surface area contributed by atoms with Gasteiger partial charge in [-0.3, -0.25) is 10.1 Å². The standard InChI is InChI=1S/C14H18N4O2/c1-4-14(3,15)13-16-8-11(17-13)10-6-5-9(2)12(7-10)18(19)20/h5-8H,4,15H2,1-3H3,(H,16,17). The van der Waals surface area contributed by atoms with E-state index in [1.54, 1.807) is 25.3 Å². The van der Waals surface area contributed by atoms with Gasteiger partial charge >= 0.3 is 0 Å². The Kier molecular flexibility index (Phi) is 3.59. The lowest BCUT2D eigenvalue weighted by Gasteiger charge is -2.19. The number of aromatic nitrogens is 2. The van der Waals surface area contributed by atoms with Crippen molar-refractivity contribution in [1.82, 2.24) is 9.97 Å². The summed E-state index contributed by atoms with van der Waals surface area (Å²) in [6.07, 6.45) is 2.40. The fraction of sp³-hybridized carbons (Fsp3) is 0.357. The maximum Gasteiger partial charge on any atom is 0.272 e. The van der Waals surface area contributed by atoms with E-state index in [0.717, 1.165) is 17.7 Å². The van der Waals surface area contributed by atoms with Gasteiger partial charge in [0.05, 0.1) is 22.4 Å². The molecule has 1 heterocycles. The minimum absolute atomic E-state index is 0.102. The van der Waals surface area contributed by atoms with Crippen molar-refractivity contribution in [3.8, 4) is 11.3 Å². The summed E-state index contributed by atoms with van der Waals surface area (Å²) in [5, 5.41) is 11.0.